The lowest BCUT2D eigenvalue weighted by Crippen LogP contribution is -2.45. The summed E-state index contributed by atoms with van der Waals surface area (Å²) < 4.78 is 7.17. The van der Waals surface area contributed by atoms with E-state index < -0.39 is 0 Å². The van der Waals surface area contributed by atoms with Crippen molar-refractivity contribution >= 4 is 21.4 Å². The van der Waals surface area contributed by atoms with Gasteiger partial charge in [0.15, 0.2) is 5.76 Å². The van der Waals surface area contributed by atoms with Gasteiger partial charge >= 0.3 is 0 Å². The highest BCUT2D eigenvalue weighted by atomic mass is 32.1. The maximum atomic E-state index is 5.29. The molecular formula is C14H18N6OS. The summed E-state index contributed by atoms with van der Waals surface area (Å²) in [5.41, 5.74) is 1.95. The molecule has 1 aliphatic heterocycles. The summed E-state index contributed by atoms with van der Waals surface area (Å²) in [6, 6.07) is 2.00. The lowest BCUT2D eigenvalue weighted by atomic mass is 10.3. The second-order valence-electron chi connectivity index (χ2n) is 5.69. The van der Waals surface area contributed by atoms with Gasteiger partial charge in [-0.05, 0) is 13.8 Å². The van der Waals surface area contributed by atoms with Crippen LogP contribution in [0.25, 0.3) is 4.96 Å². The Bertz CT molecular complexity index is 751. The number of hydrogen-bond acceptors (Lipinski definition) is 7. The molecule has 0 aliphatic carbocycles. The van der Waals surface area contributed by atoms with Crippen LogP contribution in [-0.4, -0.2) is 50.8 Å². The number of imidazole rings is 1. The van der Waals surface area contributed by atoms with Crippen LogP contribution in [0.5, 0.6) is 0 Å². The number of fused-ring (bicyclic) bond motifs is 1. The lowest BCUT2D eigenvalue weighted by Gasteiger charge is -2.33. The van der Waals surface area contributed by atoms with Crippen LogP contribution in [0.15, 0.2) is 16.8 Å². The number of aromatic nitrogens is 4. The third kappa shape index (κ3) is 2.59. The van der Waals surface area contributed by atoms with E-state index in [-0.39, 0.29) is 0 Å². The molecule has 0 bridgehead atoms. The van der Waals surface area contributed by atoms with Gasteiger partial charge in [-0.15, -0.1) is 5.10 Å². The molecule has 0 aromatic carbocycles. The zero-order valence-electron chi connectivity index (χ0n) is 12.7. The Morgan fingerprint density at radius 2 is 2.00 bits per heavy atom. The number of anilines is 1. The van der Waals surface area contributed by atoms with Crippen LogP contribution in [0.2, 0.25) is 0 Å². The number of hydrogen-bond donors (Lipinski definition) is 0. The van der Waals surface area contributed by atoms with Crippen molar-refractivity contribution in [2.24, 2.45) is 0 Å². The minimum Gasteiger partial charge on any atom is -0.360 e. The van der Waals surface area contributed by atoms with E-state index in [4.69, 9.17) is 4.52 Å². The van der Waals surface area contributed by atoms with Crippen molar-refractivity contribution in [1.29, 1.82) is 0 Å². The van der Waals surface area contributed by atoms with Gasteiger partial charge in [0.2, 0.25) is 10.1 Å². The van der Waals surface area contributed by atoms with Crippen LogP contribution < -0.4 is 4.90 Å². The Balaban J connectivity index is 1.39. The monoisotopic (exact) mass is 318 g/mol. The summed E-state index contributed by atoms with van der Waals surface area (Å²) in [7, 11) is 0. The zero-order chi connectivity index (χ0) is 15.1. The summed E-state index contributed by atoms with van der Waals surface area (Å²) in [5.74, 6) is 0.939. The number of nitrogens with zero attached hydrogens (tertiary/aromatic N) is 6. The molecule has 0 atom stereocenters. The van der Waals surface area contributed by atoms with E-state index in [2.05, 4.69) is 25.0 Å². The second kappa shape index (κ2) is 5.36. The maximum absolute atomic E-state index is 5.29. The largest absolute Gasteiger partial charge is 0.360 e. The first kappa shape index (κ1) is 13.7. The topological polar surface area (TPSA) is 62.7 Å². The Morgan fingerprint density at radius 3 is 2.68 bits per heavy atom. The first-order valence-corrected chi connectivity index (χ1v) is 8.21. The molecule has 0 saturated carbocycles. The fourth-order valence-corrected chi connectivity index (χ4v) is 3.72. The molecule has 3 aromatic rings. The highest BCUT2D eigenvalue weighted by Crippen LogP contribution is 2.24. The van der Waals surface area contributed by atoms with E-state index in [9.17, 15) is 0 Å². The van der Waals surface area contributed by atoms with Gasteiger partial charge in [-0.25, -0.2) is 9.50 Å². The molecule has 0 radical (unpaired) electrons. The van der Waals surface area contributed by atoms with Gasteiger partial charge in [-0.2, -0.15) is 0 Å². The van der Waals surface area contributed by atoms with Crippen molar-refractivity contribution in [3.8, 4) is 0 Å². The fraction of sp³-hybridized carbons (Fsp3) is 0.500. The average molecular weight is 318 g/mol. The van der Waals surface area contributed by atoms with Crippen LogP contribution in [0, 0.1) is 13.8 Å². The average Bonchev–Trinajstić information content (AvgIpc) is 3.14. The third-order valence-electron chi connectivity index (χ3n) is 3.85. The van der Waals surface area contributed by atoms with Gasteiger partial charge in [-0.3, -0.25) is 4.90 Å². The number of rotatable bonds is 3. The molecular weight excluding hydrogens is 300 g/mol. The van der Waals surface area contributed by atoms with Crippen molar-refractivity contribution in [3.63, 3.8) is 0 Å². The first-order valence-electron chi connectivity index (χ1n) is 7.40. The van der Waals surface area contributed by atoms with Gasteiger partial charge in [0.05, 0.1) is 24.1 Å². The highest BCUT2D eigenvalue weighted by molar-refractivity contribution is 7.20. The minimum atomic E-state index is 0.828. The van der Waals surface area contributed by atoms with Crippen LogP contribution in [0.4, 0.5) is 5.13 Å². The predicted molar refractivity (Wildman–Crippen MR) is 84.3 cm³/mol. The molecule has 116 valence electrons. The van der Waals surface area contributed by atoms with Crippen LogP contribution >= 0.6 is 11.3 Å². The number of aryl methyl sites for hydroxylation is 2. The molecule has 3 aromatic heterocycles. The van der Waals surface area contributed by atoms with Gasteiger partial charge in [-0.1, -0.05) is 16.5 Å². The Morgan fingerprint density at radius 1 is 1.18 bits per heavy atom. The molecule has 0 amide bonds. The van der Waals surface area contributed by atoms with Crippen LogP contribution in [-0.2, 0) is 6.54 Å². The van der Waals surface area contributed by atoms with Crippen LogP contribution in [0.3, 0.4) is 0 Å². The SMILES string of the molecule is Cc1cc(CN2CCN(c3nn4cc(C)nc4s3)CC2)on1. The quantitative estimate of drug-likeness (QED) is 0.733. The molecule has 4 rings (SSSR count). The van der Waals surface area contributed by atoms with E-state index in [1.54, 1.807) is 11.3 Å². The molecule has 1 fully saturated rings. The van der Waals surface area contributed by atoms with Crippen molar-refractivity contribution in [2.45, 2.75) is 20.4 Å². The molecule has 1 aliphatic rings. The Kier molecular flexibility index (Phi) is 3.34. The van der Waals surface area contributed by atoms with Crippen molar-refractivity contribution < 1.29 is 4.52 Å². The molecule has 0 spiro atoms. The Labute approximate surface area is 132 Å². The van der Waals surface area contributed by atoms with Gasteiger partial charge in [0.1, 0.15) is 0 Å². The van der Waals surface area contributed by atoms with E-state index in [1.165, 1.54) is 0 Å². The van der Waals surface area contributed by atoms with Crippen molar-refractivity contribution in [3.05, 3.63) is 29.4 Å². The fourth-order valence-electron chi connectivity index (χ4n) is 2.73. The maximum Gasteiger partial charge on any atom is 0.214 e. The molecule has 1 saturated heterocycles. The summed E-state index contributed by atoms with van der Waals surface area (Å²) in [5, 5.41) is 9.61. The summed E-state index contributed by atoms with van der Waals surface area (Å²) in [6.45, 7) is 8.72. The van der Waals surface area contributed by atoms with Gasteiger partial charge in [0, 0.05) is 32.2 Å². The van der Waals surface area contributed by atoms with E-state index in [0.29, 0.717) is 0 Å². The molecule has 4 heterocycles. The number of piperazine rings is 1. The standard InChI is InChI=1S/C14H18N6OS/c1-10-7-12(21-17-10)9-18-3-5-19(6-4-18)14-16-20-8-11(2)15-13(20)22-14/h7-8H,3-6,9H2,1-2H3. The van der Waals surface area contributed by atoms with Crippen molar-refractivity contribution in [2.75, 3.05) is 31.1 Å². The molecule has 0 N–H and O–H groups in total. The minimum absolute atomic E-state index is 0.828. The molecule has 7 nitrogen and oxygen atoms in total. The van der Waals surface area contributed by atoms with E-state index >= 15 is 0 Å². The van der Waals surface area contributed by atoms with E-state index in [1.807, 2.05) is 30.6 Å². The van der Waals surface area contributed by atoms with E-state index in [0.717, 1.165) is 60.0 Å². The van der Waals surface area contributed by atoms with Gasteiger partial charge in [0.25, 0.3) is 0 Å². The predicted octanol–water partition coefficient (Wildman–Crippen LogP) is 1.72. The van der Waals surface area contributed by atoms with Gasteiger partial charge < -0.3 is 9.42 Å². The normalized spacial score (nSPS) is 16.7. The summed E-state index contributed by atoms with van der Waals surface area (Å²) in [6.07, 6.45) is 1.97. The van der Waals surface area contributed by atoms with Crippen LogP contribution in [0.1, 0.15) is 17.1 Å². The van der Waals surface area contributed by atoms with Crippen molar-refractivity contribution in [1.82, 2.24) is 24.7 Å². The summed E-state index contributed by atoms with van der Waals surface area (Å²) >= 11 is 1.65. The molecule has 22 heavy (non-hydrogen) atoms. The second-order valence-corrected chi connectivity index (χ2v) is 6.63. The molecule has 8 heteroatoms. The first-order chi connectivity index (χ1) is 10.7. The third-order valence-corrected chi connectivity index (χ3v) is 4.84. The lowest BCUT2D eigenvalue weighted by molar-refractivity contribution is 0.219. The molecule has 0 unspecified atom stereocenters. The smallest absolute Gasteiger partial charge is 0.214 e. The highest BCUT2D eigenvalue weighted by Gasteiger charge is 2.21. The zero-order valence-corrected chi connectivity index (χ0v) is 13.5. The Hall–Kier alpha value is -1.93. The summed E-state index contributed by atoms with van der Waals surface area (Å²) in [4.78, 5) is 10.1.